The van der Waals surface area contributed by atoms with Crippen molar-refractivity contribution < 1.29 is 8.42 Å². The van der Waals surface area contributed by atoms with Gasteiger partial charge in [-0.15, -0.1) is 16.4 Å². The topological polar surface area (TPSA) is 98.9 Å². The summed E-state index contributed by atoms with van der Waals surface area (Å²) in [6, 6.07) is 7.16. The fourth-order valence-corrected chi connectivity index (χ4v) is 5.18. The Bertz CT molecular complexity index is 1110. The molecular weight excluding hydrogens is 386 g/mol. The van der Waals surface area contributed by atoms with E-state index in [-0.39, 0.29) is 29.0 Å². The highest BCUT2D eigenvalue weighted by Gasteiger charge is 2.30. The molecular formula is C17H19N5O3S2. The van der Waals surface area contributed by atoms with E-state index in [0.717, 1.165) is 23.3 Å². The Labute approximate surface area is 160 Å². The summed E-state index contributed by atoms with van der Waals surface area (Å²) in [4.78, 5) is 17.8. The molecule has 1 fully saturated rings. The first-order chi connectivity index (χ1) is 13.0. The van der Waals surface area contributed by atoms with Crippen molar-refractivity contribution in [1.82, 2.24) is 24.1 Å². The van der Waals surface area contributed by atoms with E-state index in [2.05, 4.69) is 14.8 Å². The van der Waals surface area contributed by atoms with Gasteiger partial charge in [-0.2, -0.15) is 0 Å². The van der Waals surface area contributed by atoms with Gasteiger partial charge in [-0.1, -0.05) is 0 Å². The minimum absolute atomic E-state index is 0.0906. The van der Waals surface area contributed by atoms with Gasteiger partial charge in [-0.05, 0) is 44.0 Å². The van der Waals surface area contributed by atoms with E-state index in [1.165, 1.54) is 16.0 Å². The molecule has 0 radical (unpaired) electrons. The van der Waals surface area contributed by atoms with Crippen LogP contribution in [0.3, 0.4) is 0 Å². The van der Waals surface area contributed by atoms with Gasteiger partial charge < -0.3 is 0 Å². The molecule has 0 atom stereocenters. The number of rotatable bonds is 7. The monoisotopic (exact) mass is 405 g/mol. The van der Waals surface area contributed by atoms with E-state index in [9.17, 15) is 13.2 Å². The normalized spacial score (nSPS) is 14.6. The molecule has 1 aliphatic carbocycles. The second-order valence-electron chi connectivity index (χ2n) is 6.44. The van der Waals surface area contributed by atoms with Crippen molar-refractivity contribution in [2.45, 2.75) is 36.6 Å². The lowest BCUT2D eigenvalue weighted by molar-refractivity contribution is 0.548. The maximum Gasteiger partial charge on any atom is 0.346 e. The average molecular weight is 406 g/mol. The molecule has 8 nitrogen and oxygen atoms in total. The number of nitrogens with zero attached hydrogens (tertiary/aromatic N) is 4. The van der Waals surface area contributed by atoms with Gasteiger partial charge in [0.2, 0.25) is 10.0 Å². The summed E-state index contributed by atoms with van der Waals surface area (Å²) in [5.41, 5.74) is 0.553. The Balaban J connectivity index is 1.54. The molecule has 0 bridgehead atoms. The number of aromatic nitrogens is 4. The predicted octanol–water partition coefficient (Wildman–Crippen LogP) is 1.79. The first kappa shape index (κ1) is 18.1. The highest BCUT2D eigenvalue weighted by molar-refractivity contribution is 7.91. The van der Waals surface area contributed by atoms with Crippen LogP contribution >= 0.6 is 11.3 Å². The van der Waals surface area contributed by atoms with Crippen LogP contribution in [0.1, 0.15) is 23.8 Å². The van der Waals surface area contributed by atoms with Gasteiger partial charge in [0.25, 0.3) is 0 Å². The van der Waals surface area contributed by atoms with Crippen molar-refractivity contribution in [2.24, 2.45) is 0 Å². The minimum atomic E-state index is -3.57. The molecule has 0 unspecified atom stereocenters. The molecule has 27 heavy (non-hydrogen) atoms. The summed E-state index contributed by atoms with van der Waals surface area (Å²) < 4.78 is 30.4. The molecule has 0 aliphatic heterocycles. The van der Waals surface area contributed by atoms with Gasteiger partial charge in [0.05, 0.1) is 6.54 Å². The zero-order chi connectivity index (χ0) is 19.0. The van der Waals surface area contributed by atoms with Crippen LogP contribution in [-0.2, 0) is 16.6 Å². The maximum absolute atomic E-state index is 12.7. The summed E-state index contributed by atoms with van der Waals surface area (Å²) in [6.45, 7) is 2.11. The molecule has 3 aromatic heterocycles. The molecule has 3 heterocycles. The molecule has 0 amide bonds. The third-order valence-electron chi connectivity index (χ3n) is 4.30. The van der Waals surface area contributed by atoms with Crippen molar-refractivity contribution >= 4 is 21.4 Å². The van der Waals surface area contributed by atoms with Crippen LogP contribution < -0.4 is 10.4 Å². The maximum atomic E-state index is 12.7. The lowest BCUT2D eigenvalue weighted by atomic mass is 10.3. The second kappa shape index (κ2) is 7.02. The lowest BCUT2D eigenvalue weighted by Gasteiger charge is -2.04. The number of nitrogens with one attached hydrogen (secondary N) is 1. The number of hydrogen-bond acceptors (Lipinski definition) is 6. The van der Waals surface area contributed by atoms with E-state index in [1.807, 2.05) is 13.0 Å². The van der Waals surface area contributed by atoms with Crippen LogP contribution in [0.2, 0.25) is 0 Å². The quantitative estimate of drug-likeness (QED) is 0.646. The lowest BCUT2D eigenvalue weighted by Crippen LogP contribution is -2.31. The molecule has 1 saturated carbocycles. The molecule has 4 rings (SSSR count). The summed E-state index contributed by atoms with van der Waals surface area (Å²) in [7, 11) is -3.57. The van der Waals surface area contributed by atoms with Crippen molar-refractivity contribution in [2.75, 3.05) is 6.54 Å². The summed E-state index contributed by atoms with van der Waals surface area (Å²) in [6.07, 6.45) is 5.24. The van der Waals surface area contributed by atoms with Gasteiger partial charge in [0, 0.05) is 35.4 Å². The Hall–Kier alpha value is -2.30. The van der Waals surface area contributed by atoms with Gasteiger partial charge in [-0.25, -0.2) is 22.6 Å². The van der Waals surface area contributed by atoms with E-state index in [0.29, 0.717) is 5.82 Å². The number of thiophene rings is 1. The molecule has 142 valence electrons. The Morgan fingerprint density at radius 2 is 2.11 bits per heavy atom. The highest BCUT2D eigenvalue weighted by atomic mass is 32.2. The van der Waals surface area contributed by atoms with Crippen molar-refractivity contribution in [3.8, 4) is 11.4 Å². The van der Waals surface area contributed by atoms with Crippen LogP contribution in [0.25, 0.3) is 11.4 Å². The number of hydrogen-bond donors (Lipinski definition) is 1. The SMILES string of the molecule is Cc1ccc(S(=O)(=O)NCCn2nc(-c3cccnc3)n(C3CC3)c2=O)s1. The van der Waals surface area contributed by atoms with Crippen LogP contribution in [0.4, 0.5) is 0 Å². The van der Waals surface area contributed by atoms with E-state index in [1.54, 1.807) is 35.2 Å². The van der Waals surface area contributed by atoms with Crippen LogP contribution in [0, 0.1) is 6.92 Å². The molecule has 1 N–H and O–H groups in total. The smallest absolute Gasteiger partial charge is 0.272 e. The van der Waals surface area contributed by atoms with E-state index >= 15 is 0 Å². The summed E-state index contributed by atoms with van der Waals surface area (Å²) in [5, 5.41) is 4.43. The van der Waals surface area contributed by atoms with Gasteiger partial charge in [0.15, 0.2) is 5.82 Å². The summed E-state index contributed by atoms with van der Waals surface area (Å²) in [5.74, 6) is 0.576. The van der Waals surface area contributed by atoms with Gasteiger partial charge in [0.1, 0.15) is 4.21 Å². The van der Waals surface area contributed by atoms with Crippen LogP contribution in [-0.4, -0.2) is 34.3 Å². The fraction of sp³-hybridized carbons (Fsp3) is 0.353. The summed E-state index contributed by atoms with van der Waals surface area (Å²) >= 11 is 1.21. The molecule has 0 spiro atoms. The first-order valence-electron chi connectivity index (χ1n) is 8.61. The molecule has 0 saturated heterocycles. The average Bonchev–Trinajstić information content (AvgIpc) is 3.30. The molecule has 3 aromatic rings. The molecule has 0 aromatic carbocycles. The Morgan fingerprint density at radius 1 is 1.30 bits per heavy atom. The van der Waals surface area contributed by atoms with E-state index < -0.39 is 10.0 Å². The van der Waals surface area contributed by atoms with Crippen LogP contribution in [0.5, 0.6) is 0 Å². The third-order valence-corrected chi connectivity index (χ3v) is 7.25. The zero-order valence-corrected chi connectivity index (χ0v) is 16.3. The van der Waals surface area contributed by atoms with E-state index in [4.69, 9.17) is 0 Å². The van der Waals surface area contributed by atoms with Crippen LogP contribution in [0.15, 0.2) is 45.7 Å². The number of pyridine rings is 1. The fourth-order valence-electron chi connectivity index (χ4n) is 2.83. The largest absolute Gasteiger partial charge is 0.346 e. The Morgan fingerprint density at radius 3 is 2.74 bits per heavy atom. The Kier molecular flexibility index (Phi) is 4.70. The van der Waals surface area contributed by atoms with Gasteiger partial charge >= 0.3 is 5.69 Å². The minimum Gasteiger partial charge on any atom is -0.272 e. The number of aryl methyl sites for hydroxylation is 1. The third kappa shape index (κ3) is 3.73. The molecule has 10 heteroatoms. The zero-order valence-electron chi connectivity index (χ0n) is 14.7. The van der Waals surface area contributed by atoms with Gasteiger partial charge in [-0.3, -0.25) is 9.55 Å². The highest BCUT2D eigenvalue weighted by Crippen LogP contribution is 2.36. The second-order valence-corrected chi connectivity index (χ2v) is 9.72. The molecule has 1 aliphatic rings. The first-order valence-corrected chi connectivity index (χ1v) is 10.9. The van der Waals surface area contributed by atoms with Crippen molar-refractivity contribution in [3.05, 3.63) is 52.0 Å². The predicted molar refractivity (Wildman–Crippen MR) is 102 cm³/mol. The number of sulfonamides is 1. The standard InChI is InChI=1S/C17H19N5O3S2/c1-12-4-7-15(26-12)27(24,25)19-9-10-21-17(23)22(14-5-6-14)16(20-21)13-3-2-8-18-11-13/h2-4,7-8,11,14,19H,5-6,9-10H2,1H3. The van der Waals surface area contributed by atoms with Crippen molar-refractivity contribution in [3.63, 3.8) is 0 Å². The van der Waals surface area contributed by atoms with Crippen molar-refractivity contribution in [1.29, 1.82) is 0 Å².